The molecule has 0 saturated carbocycles. The second-order valence-electron chi connectivity index (χ2n) is 9.47. The van der Waals surface area contributed by atoms with Gasteiger partial charge in [-0.1, -0.05) is 12.1 Å². The first-order valence-corrected chi connectivity index (χ1v) is 15.7. The van der Waals surface area contributed by atoms with E-state index in [1.54, 1.807) is 51.9 Å². The molecule has 1 fully saturated rings. The molecule has 0 atom stereocenters. The highest BCUT2D eigenvalue weighted by Crippen LogP contribution is 2.39. The van der Waals surface area contributed by atoms with Crippen molar-refractivity contribution in [2.45, 2.75) is 12.8 Å². The Morgan fingerprint density at radius 2 is 1.70 bits per heavy atom. The zero-order valence-electron chi connectivity index (χ0n) is 24.2. The summed E-state index contributed by atoms with van der Waals surface area (Å²) in [4.78, 5) is 15.8. The van der Waals surface area contributed by atoms with E-state index in [0.29, 0.717) is 51.7 Å². The fraction of sp³-hybridized carbons (Fsp3) is 0.300. The molecule has 0 bridgehead atoms. The van der Waals surface area contributed by atoms with Gasteiger partial charge in [0.05, 0.1) is 28.3 Å². The predicted octanol–water partition coefficient (Wildman–Crippen LogP) is 6.63. The minimum atomic E-state index is -1.24. The number of aromatic nitrogens is 3. The van der Waals surface area contributed by atoms with E-state index in [2.05, 4.69) is 46.4 Å². The van der Waals surface area contributed by atoms with Crippen LogP contribution in [0.5, 0.6) is 23.1 Å². The van der Waals surface area contributed by atoms with Gasteiger partial charge >= 0.3 is 0 Å². The van der Waals surface area contributed by atoms with Gasteiger partial charge in [-0.3, -0.25) is 4.90 Å². The molecule has 2 N–H and O–H groups in total. The van der Waals surface area contributed by atoms with Crippen LogP contribution in [0.4, 0.5) is 23.1 Å². The van der Waals surface area contributed by atoms with Crippen LogP contribution in [0.25, 0.3) is 0 Å². The number of anilines is 4. The fourth-order valence-corrected chi connectivity index (χ4v) is 5.93. The topological polar surface area (TPSA) is 112 Å². The molecule has 0 amide bonds. The molecule has 1 aliphatic heterocycles. The van der Waals surface area contributed by atoms with Gasteiger partial charge in [0.1, 0.15) is 29.7 Å². The van der Waals surface area contributed by atoms with E-state index in [4.69, 9.17) is 23.3 Å². The molecule has 11 nitrogen and oxygen atoms in total. The van der Waals surface area contributed by atoms with Gasteiger partial charge in [-0.05, 0) is 72.2 Å². The monoisotopic (exact) mass is 668 g/mol. The van der Waals surface area contributed by atoms with Gasteiger partial charge in [-0.15, -0.1) is 0 Å². The quantitative estimate of drug-likeness (QED) is 0.141. The normalized spacial score (nSPS) is 13.2. The lowest BCUT2D eigenvalue weighted by Crippen LogP contribution is -2.25. The van der Waals surface area contributed by atoms with Crippen molar-refractivity contribution in [2.24, 2.45) is 0 Å². The van der Waals surface area contributed by atoms with E-state index in [-0.39, 0.29) is 0 Å². The first kappa shape index (κ1) is 30.9. The molecule has 0 aliphatic carbocycles. The Bertz CT molecular complexity index is 1510. The third-order valence-corrected chi connectivity index (χ3v) is 8.67. The minimum absolute atomic E-state index is 0.376. The molecule has 0 radical (unpaired) electrons. The molecule has 5 rings (SSSR count). The summed E-state index contributed by atoms with van der Waals surface area (Å²) in [5.41, 5.74) is 1.49. The number of methoxy groups -OCH3 is 1. The first-order valence-electron chi connectivity index (χ1n) is 13.8. The maximum atomic E-state index is 6.09. The lowest BCUT2D eigenvalue weighted by Gasteiger charge is -2.18. The van der Waals surface area contributed by atoms with Crippen molar-refractivity contribution >= 4 is 52.8 Å². The molecule has 13 heteroatoms. The smallest absolute Gasteiger partial charge is 0.229 e. The zero-order chi connectivity index (χ0) is 30.0. The van der Waals surface area contributed by atoms with Crippen LogP contribution < -0.4 is 30.1 Å². The fourth-order valence-electron chi connectivity index (χ4n) is 4.57. The number of pyridine rings is 1. The van der Waals surface area contributed by atoms with Crippen molar-refractivity contribution in [1.82, 2.24) is 19.9 Å². The Balaban J connectivity index is 1.26. The second-order valence-corrected chi connectivity index (χ2v) is 12.1. The van der Waals surface area contributed by atoms with Gasteiger partial charge in [0.25, 0.3) is 0 Å². The lowest BCUT2D eigenvalue weighted by atomic mass is 10.2. The van der Waals surface area contributed by atoms with E-state index >= 15 is 0 Å². The summed E-state index contributed by atoms with van der Waals surface area (Å²) in [6, 6.07) is 16.8. The number of likely N-dealkylation sites (tertiary alicyclic amines) is 1. The van der Waals surface area contributed by atoms with E-state index < -0.39 is 8.38 Å². The minimum Gasteiger partial charge on any atom is -0.494 e. The number of hydrogen-bond donors (Lipinski definition) is 2. The molecule has 43 heavy (non-hydrogen) atoms. The van der Waals surface area contributed by atoms with Crippen LogP contribution in [-0.2, 0) is 9.05 Å². The Labute approximate surface area is 261 Å². The maximum absolute atomic E-state index is 6.09. The molecule has 1 saturated heterocycles. The summed E-state index contributed by atoms with van der Waals surface area (Å²) >= 11 is 3.54. The first-order chi connectivity index (χ1) is 21.1. The van der Waals surface area contributed by atoms with Crippen LogP contribution >= 0.6 is 24.3 Å². The molecule has 2 aromatic heterocycles. The number of para-hydroxylation sites is 1. The molecule has 1 aliphatic rings. The Kier molecular flexibility index (Phi) is 11.0. The van der Waals surface area contributed by atoms with Crippen LogP contribution in [0.2, 0.25) is 0 Å². The summed E-state index contributed by atoms with van der Waals surface area (Å²) in [6.07, 6.45) is 5.87. The number of hydrogen-bond acceptors (Lipinski definition) is 11. The highest BCUT2D eigenvalue weighted by atomic mass is 79.9. The molecule has 0 spiro atoms. The van der Waals surface area contributed by atoms with Crippen LogP contribution in [-0.4, -0.2) is 67.4 Å². The average Bonchev–Trinajstić information content (AvgIpc) is 3.55. The predicted molar refractivity (Wildman–Crippen MR) is 172 cm³/mol. The third kappa shape index (κ3) is 8.31. The number of halogens is 1. The van der Waals surface area contributed by atoms with Crippen molar-refractivity contribution < 1.29 is 23.3 Å². The average molecular weight is 670 g/mol. The number of ether oxygens (including phenoxy) is 3. The van der Waals surface area contributed by atoms with Crippen LogP contribution in [0.15, 0.2) is 71.5 Å². The van der Waals surface area contributed by atoms with Crippen LogP contribution in [0.1, 0.15) is 12.8 Å². The van der Waals surface area contributed by atoms with Crippen molar-refractivity contribution in [3.63, 3.8) is 0 Å². The number of benzene rings is 2. The van der Waals surface area contributed by atoms with Crippen LogP contribution in [0.3, 0.4) is 0 Å². The Hall–Kier alpha value is -3.54. The Morgan fingerprint density at radius 1 is 0.907 bits per heavy atom. The van der Waals surface area contributed by atoms with Gasteiger partial charge < -0.3 is 33.9 Å². The molecule has 4 aromatic rings. The SMILES string of the molecule is COc1cc(Oc2ccnc(OCCN3CCCC3)c2)ccc1Nc1ncc(Br)c(Nc2ccccc2P(OC)OC)n1. The number of rotatable bonds is 14. The van der Waals surface area contributed by atoms with E-state index in [9.17, 15) is 0 Å². The van der Waals surface area contributed by atoms with Gasteiger partial charge in [0.2, 0.25) is 20.2 Å². The molecular formula is C30H34BrN6O5P. The third-order valence-electron chi connectivity index (χ3n) is 6.65. The van der Waals surface area contributed by atoms with Gasteiger partial charge in [0, 0.05) is 45.3 Å². The molecule has 0 unspecified atom stereocenters. The maximum Gasteiger partial charge on any atom is 0.229 e. The molecule has 2 aromatic carbocycles. The lowest BCUT2D eigenvalue weighted by molar-refractivity contribution is 0.231. The molecular weight excluding hydrogens is 635 g/mol. The molecule has 3 heterocycles. The standard InChI is InChI=1S/C30H34BrN6O5P/c1-38-26-18-21(42-22-12-13-32-28(19-22)41-17-16-37-14-6-7-15-37)10-11-24(26)35-30-33-20-23(31)29(36-30)34-25-8-4-5-9-27(25)43(39-2)40-3/h4-5,8-13,18-20H,6-7,14-17H2,1-3H3,(H2,33,34,35,36). The number of nitrogens with zero attached hydrogens (tertiary/aromatic N) is 4. The van der Waals surface area contributed by atoms with Crippen molar-refractivity contribution in [3.8, 4) is 23.1 Å². The summed E-state index contributed by atoms with van der Waals surface area (Å²) < 4.78 is 29.3. The van der Waals surface area contributed by atoms with Gasteiger partial charge in [-0.2, -0.15) is 4.98 Å². The summed E-state index contributed by atoms with van der Waals surface area (Å²) in [5, 5.41) is 7.50. The van der Waals surface area contributed by atoms with Crippen LogP contribution in [0, 0.1) is 0 Å². The Morgan fingerprint density at radius 3 is 2.49 bits per heavy atom. The highest BCUT2D eigenvalue weighted by molar-refractivity contribution is 9.10. The van der Waals surface area contributed by atoms with Crippen molar-refractivity contribution in [2.75, 3.05) is 58.2 Å². The van der Waals surface area contributed by atoms with Gasteiger partial charge in [-0.25, -0.2) is 9.97 Å². The van der Waals surface area contributed by atoms with E-state index in [1.807, 2.05) is 36.4 Å². The zero-order valence-corrected chi connectivity index (χ0v) is 26.7. The van der Waals surface area contributed by atoms with Gasteiger partial charge in [0.15, 0.2) is 0 Å². The van der Waals surface area contributed by atoms with E-state index in [1.165, 1.54) is 12.8 Å². The summed E-state index contributed by atoms with van der Waals surface area (Å²) in [5.74, 6) is 3.25. The largest absolute Gasteiger partial charge is 0.494 e. The van der Waals surface area contributed by atoms with E-state index in [0.717, 1.165) is 30.6 Å². The highest BCUT2D eigenvalue weighted by Gasteiger charge is 2.17. The molecule has 226 valence electrons. The number of nitrogens with one attached hydrogen (secondary N) is 2. The summed E-state index contributed by atoms with van der Waals surface area (Å²) in [7, 11) is 3.60. The second kappa shape index (κ2) is 15.3. The summed E-state index contributed by atoms with van der Waals surface area (Å²) in [6.45, 7) is 3.76. The van der Waals surface area contributed by atoms with Crippen molar-refractivity contribution in [3.05, 3.63) is 71.5 Å². The van der Waals surface area contributed by atoms with Crippen molar-refractivity contribution in [1.29, 1.82) is 0 Å².